The first-order valence-electron chi connectivity index (χ1n) is 6.16. The van der Waals surface area contributed by atoms with Crippen LogP contribution in [0, 0.1) is 5.41 Å². The molecule has 1 aromatic heterocycles. The zero-order valence-corrected chi connectivity index (χ0v) is 11.2. The standard InChI is InChI=1S/C12H20N4O2/c1-15(7-10-14-13-9-16(10)2)11(17)12(8-18-3)5-4-6-12/h9H,4-8H2,1-3H3. The van der Waals surface area contributed by atoms with Crippen molar-refractivity contribution in [1.82, 2.24) is 19.7 Å². The molecule has 0 N–H and O–H groups in total. The molecule has 1 amide bonds. The van der Waals surface area contributed by atoms with E-state index in [2.05, 4.69) is 10.2 Å². The van der Waals surface area contributed by atoms with E-state index < -0.39 is 0 Å². The van der Waals surface area contributed by atoms with E-state index in [1.165, 1.54) is 0 Å². The van der Waals surface area contributed by atoms with Gasteiger partial charge in [-0.1, -0.05) is 6.42 Å². The number of methoxy groups -OCH3 is 1. The first-order valence-corrected chi connectivity index (χ1v) is 6.16. The van der Waals surface area contributed by atoms with E-state index in [1.54, 1.807) is 18.3 Å². The van der Waals surface area contributed by atoms with E-state index >= 15 is 0 Å². The highest BCUT2D eigenvalue weighted by atomic mass is 16.5. The summed E-state index contributed by atoms with van der Waals surface area (Å²) in [5.41, 5.74) is -0.303. The lowest BCUT2D eigenvalue weighted by molar-refractivity contribution is -0.151. The predicted molar refractivity (Wildman–Crippen MR) is 65.6 cm³/mol. The molecule has 6 nitrogen and oxygen atoms in total. The van der Waals surface area contributed by atoms with Gasteiger partial charge in [0.1, 0.15) is 6.33 Å². The maximum absolute atomic E-state index is 12.5. The van der Waals surface area contributed by atoms with Gasteiger partial charge in [-0.25, -0.2) is 0 Å². The summed E-state index contributed by atoms with van der Waals surface area (Å²) >= 11 is 0. The highest BCUT2D eigenvalue weighted by molar-refractivity contribution is 5.83. The Kier molecular flexibility index (Phi) is 3.65. The Hall–Kier alpha value is -1.43. The Labute approximate surface area is 107 Å². The molecule has 0 saturated heterocycles. The summed E-state index contributed by atoms with van der Waals surface area (Å²) in [4.78, 5) is 14.2. The smallest absolute Gasteiger partial charge is 0.231 e. The zero-order valence-electron chi connectivity index (χ0n) is 11.2. The third-order valence-electron chi connectivity index (χ3n) is 3.72. The number of nitrogens with zero attached hydrogens (tertiary/aromatic N) is 4. The predicted octanol–water partition coefficient (Wildman–Crippen LogP) is 0.590. The number of rotatable bonds is 5. The SMILES string of the molecule is COCC1(C(=O)N(C)Cc2nncn2C)CCC1. The van der Waals surface area contributed by atoms with Crippen molar-refractivity contribution in [2.45, 2.75) is 25.8 Å². The van der Waals surface area contributed by atoms with Crippen LogP contribution in [0.1, 0.15) is 25.1 Å². The molecule has 0 radical (unpaired) electrons. The average molecular weight is 252 g/mol. The summed E-state index contributed by atoms with van der Waals surface area (Å²) in [6, 6.07) is 0. The molecule has 1 heterocycles. The Morgan fingerprint density at radius 1 is 1.61 bits per heavy atom. The second-order valence-corrected chi connectivity index (χ2v) is 5.09. The lowest BCUT2D eigenvalue weighted by atomic mass is 9.68. The average Bonchev–Trinajstić information content (AvgIpc) is 2.69. The van der Waals surface area contributed by atoms with Crippen LogP contribution in [0.25, 0.3) is 0 Å². The van der Waals surface area contributed by atoms with Crippen LogP contribution < -0.4 is 0 Å². The van der Waals surface area contributed by atoms with Crippen LogP contribution in [0.2, 0.25) is 0 Å². The topological polar surface area (TPSA) is 60.2 Å². The first-order chi connectivity index (χ1) is 8.59. The van der Waals surface area contributed by atoms with Gasteiger partial charge in [-0.05, 0) is 12.8 Å². The van der Waals surface area contributed by atoms with E-state index in [-0.39, 0.29) is 11.3 Å². The minimum absolute atomic E-state index is 0.151. The molecule has 0 aromatic carbocycles. The summed E-state index contributed by atoms with van der Waals surface area (Å²) in [6.07, 6.45) is 4.58. The molecule has 6 heteroatoms. The monoisotopic (exact) mass is 252 g/mol. The maximum Gasteiger partial charge on any atom is 0.231 e. The van der Waals surface area contributed by atoms with Crippen LogP contribution in [-0.2, 0) is 23.1 Å². The normalized spacial score (nSPS) is 17.3. The van der Waals surface area contributed by atoms with E-state index in [1.807, 2.05) is 18.7 Å². The van der Waals surface area contributed by atoms with Gasteiger partial charge >= 0.3 is 0 Å². The van der Waals surface area contributed by atoms with Crippen molar-refractivity contribution < 1.29 is 9.53 Å². The molecule has 0 spiro atoms. The number of hydrogen-bond donors (Lipinski definition) is 0. The number of ether oxygens (including phenoxy) is 1. The van der Waals surface area contributed by atoms with Crippen LogP contribution >= 0.6 is 0 Å². The van der Waals surface area contributed by atoms with E-state index in [0.29, 0.717) is 13.2 Å². The van der Waals surface area contributed by atoms with Crippen LogP contribution in [0.4, 0.5) is 0 Å². The molecule has 1 fully saturated rings. The van der Waals surface area contributed by atoms with Gasteiger partial charge in [0.2, 0.25) is 5.91 Å². The minimum atomic E-state index is -0.303. The Morgan fingerprint density at radius 2 is 2.33 bits per heavy atom. The second-order valence-electron chi connectivity index (χ2n) is 5.09. The van der Waals surface area contributed by atoms with Gasteiger partial charge in [-0.2, -0.15) is 0 Å². The molecule has 1 saturated carbocycles. The fourth-order valence-electron chi connectivity index (χ4n) is 2.44. The van der Waals surface area contributed by atoms with Crippen molar-refractivity contribution in [3.63, 3.8) is 0 Å². The second kappa shape index (κ2) is 5.06. The van der Waals surface area contributed by atoms with Crippen LogP contribution in [-0.4, -0.2) is 46.3 Å². The van der Waals surface area contributed by atoms with Gasteiger partial charge in [0, 0.05) is 21.2 Å². The molecule has 2 rings (SSSR count). The number of carbonyl (C=O) groups is 1. The third-order valence-corrected chi connectivity index (χ3v) is 3.72. The van der Waals surface area contributed by atoms with E-state index in [4.69, 9.17) is 4.74 Å². The number of aryl methyl sites for hydroxylation is 1. The van der Waals surface area contributed by atoms with E-state index in [9.17, 15) is 4.79 Å². The lowest BCUT2D eigenvalue weighted by Crippen LogP contribution is -2.49. The van der Waals surface area contributed by atoms with Gasteiger partial charge in [-0.15, -0.1) is 10.2 Å². The summed E-state index contributed by atoms with van der Waals surface area (Å²) in [5, 5.41) is 7.81. The Bertz CT molecular complexity index is 425. The van der Waals surface area contributed by atoms with Gasteiger partial charge in [-0.3, -0.25) is 4.79 Å². The fraction of sp³-hybridized carbons (Fsp3) is 0.750. The number of hydrogen-bond acceptors (Lipinski definition) is 4. The third kappa shape index (κ3) is 2.25. The highest BCUT2D eigenvalue weighted by Gasteiger charge is 2.45. The molecule has 0 bridgehead atoms. The molecular formula is C12H20N4O2. The van der Waals surface area contributed by atoms with Crippen LogP contribution in [0.3, 0.4) is 0 Å². The van der Waals surface area contributed by atoms with Gasteiger partial charge in [0.15, 0.2) is 5.82 Å². The molecule has 1 aliphatic rings. The molecule has 0 atom stereocenters. The van der Waals surface area contributed by atoms with Crippen molar-refractivity contribution in [1.29, 1.82) is 0 Å². The van der Waals surface area contributed by atoms with Crippen molar-refractivity contribution >= 4 is 5.91 Å². The molecule has 18 heavy (non-hydrogen) atoms. The number of carbonyl (C=O) groups excluding carboxylic acids is 1. The van der Waals surface area contributed by atoms with Crippen molar-refractivity contribution in [3.8, 4) is 0 Å². The van der Waals surface area contributed by atoms with E-state index in [0.717, 1.165) is 25.1 Å². The molecular weight excluding hydrogens is 232 g/mol. The van der Waals surface area contributed by atoms with Gasteiger partial charge < -0.3 is 14.2 Å². The minimum Gasteiger partial charge on any atom is -0.384 e. The van der Waals surface area contributed by atoms with Gasteiger partial charge in [0.25, 0.3) is 0 Å². The Balaban J connectivity index is 2.02. The fourth-order valence-corrected chi connectivity index (χ4v) is 2.44. The lowest BCUT2D eigenvalue weighted by Gasteiger charge is -2.41. The first kappa shape index (κ1) is 13.0. The largest absolute Gasteiger partial charge is 0.384 e. The number of amides is 1. The zero-order chi connectivity index (χ0) is 13.2. The van der Waals surface area contributed by atoms with Crippen molar-refractivity contribution in [3.05, 3.63) is 12.2 Å². The van der Waals surface area contributed by atoms with Crippen LogP contribution in [0.5, 0.6) is 0 Å². The summed E-state index contributed by atoms with van der Waals surface area (Å²) in [6.45, 7) is 0.996. The molecule has 100 valence electrons. The summed E-state index contributed by atoms with van der Waals surface area (Å²) in [7, 11) is 5.34. The summed E-state index contributed by atoms with van der Waals surface area (Å²) < 4.78 is 7.03. The molecule has 1 aromatic rings. The molecule has 1 aliphatic carbocycles. The maximum atomic E-state index is 12.5. The van der Waals surface area contributed by atoms with Gasteiger partial charge in [0.05, 0.1) is 18.6 Å². The van der Waals surface area contributed by atoms with Crippen LogP contribution in [0.15, 0.2) is 6.33 Å². The van der Waals surface area contributed by atoms with Crippen molar-refractivity contribution in [2.24, 2.45) is 12.5 Å². The quantitative estimate of drug-likeness (QED) is 0.769. The van der Waals surface area contributed by atoms with Crippen molar-refractivity contribution in [2.75, 3.05) is 20.8 Å². The summed E-state index contributed by atoms with van der Waals surface area (Å²) in [5.74, 6) is 0.941. The highest BCUT2D eigenvalue weighted by Crippen LogP contribution is 2.42. The Morgan fingerprint density at radius 3 is 2.78 bits per heavy atom. The molecule has 0 unspecified atom stereocenters. The molecule has 0 aliphatic heterocycles. The number of aromatic nitrogens is 3.